The molecule has 0 aromatic heterocycles. The molecular weight excluding hydrogens is 853 g/mol. The van der Waals surface area contributed by atoms with E-state index in [0.29, 0.717) is 19.3 Å². The standard InChI is InChI=1S/C63H122O6/c1-5-8-10-12-14-16-18-19-20-21-22-26-29-32-35-39-42-46-50-54-61(64)67-57-60(69-63(66)56-52-48-44-38-17-15-13-11-9-6-2)58-68-62(65)55-51-47-43-40-36-33-30-27-24-23-25-28-31-34-37-41-45-49-53-59(4)7-3/h59-60H,5-58H2,1-4H3/t59?,60-/m1/s1. The van der Waals surface area contributed by atoms with E-state index in [2.05, 4.69) is 27.7 Å². The van der Waals surface area contributed by atoms with E-state index in [-0.39, 0.29) is 31.1 Å². The van der Waals surface area contributed by atoms with E-state index in [4.69, 9.17) is 14.2 Å². The third-order valence-corrected chi connectivity index (χ3v) is 14.9. The molecule has 0 aliphatic carbocycles. The van der Waals surface area contributed by atoms with E-state index in [0.717, 1.165) is 63.7 Å². The van der Waals surface area contributed by atoms with Crippen LogP contribution in [0.2, 0.25) is 0 Å². The van der Waals surface area contributed by atoms with Crippen LogP contribution >= 0.6 is 0 Å². The van der Waals surface area contributed by atoms with E-state index in [1.54, 1.807) is 0 Å². The minimum atomic E-state index is -0.762. The number of esters is 3. The van der Waals surface area contributed by atoms with Gasteiger partial charge in [-0.05, 0) is 25.2 Å². The lowest BCUT2D eigenvalue weighted by Crippen LogP contribution is -2.30. The smallest absolute Gasteiger partial charge is 0.306 e. The van der Waals surface area contributed by atoms with Crippen LogP contribution in [0.1, 0.15) is 362 Å². The summed E-state index contributed by atoms with van der Waals surface area (Å²) in [6, 6.07) is 0. The zero-order valence-electron chi connectivity index (χ0n) is 47.3. The van der Waals surface area contributed by atoms with Crippen LogP contribution < -0.4 is 0 Å². The van der Waals surface area contributed by atoms with Gasteiger partial charge in [0.25, 0.3) is 0 Å². The van der Waals surface area contributed by atoms with Crippen LogP contribution in [0.3, 0.4) is 0 Å². The minimum absolute atomic E-state index is 0.0616. The highest BCUT2D eigenvalue weighted by atomic mass is 16.6. The summed E-state index contributed by atoms with van der Waals surface area (Å²) in [5.74, 6) is 0.0775. The quantitative estimate of drug-likeness (QED) is 0.0343. The summed E-state index contributed by atoms with van der Waals surface area (Å²) in [7, 11) is 0. The van der Waals surface area contributed by atoms with Crippen molar-refractivity contribution in [3.8, 4) is 0 Å². The van der Waals surface area contributed by atoms with Crippen molar-refractivity contribution in [1.29, 1.82) is 0 Å². The lowest BCUT2D eigenvalue weighted by molar-refractivity contribution is -0.167. The van der Waals surface area contributed by atoms with Crippen molar-refractivity contribution in [1.82, 2.24) is 0 Å². The van der Waals surface area contributed by atoms with E-state index in [1.165, 1.54) is 257 Å². The molecule has 6 heteroatoms. The summed E-state index contributed by atoms with van der Waals surface area (Å²) in [5, 5.41) is 0. The molecule has 0 saturated carbocycles. The van der Waals surface area contributed by atoms with Crippen LogP contribution in [0.15, 0.2) is 0 Å². The molecule has 0 fully saturated rings. The third kappa shape index (κ3) is 55.6. The Kier molecular flexibility index (Phi) is 56.0. The monoisotopic (exact) mass is 975 g/mol. The molecule has 0 saturated heterocycles. The number of rotatable bonds is 58. The largest absolute Gasteiger partial charge is 0.462 e. The molecule has 0 N–H and O–H groups in total. The Morgan fingerprint density at radius 3 is 0.754 bits per heavy atom. The number of hydrogen-bond donors (Lipinski definition) is 0. The molecule has 0 aliphatic heterocycles. The molecule has 0 radical (unpaired) electrons. The Bertz CT molecular complexity index is 1040. The van der Waals surface area contributed by atoms with Crippen LogP contribution in [0.4, 0.5) is 0 Å². The van der Waals surface area contributed by atoms with Crippen molar-refractivity contribution >= 4 is 17.9 Å². The maximum absolute atomic E-state index is 12.8. The topological polar surface area (TPSA) is 78.9 Å². The minimum Gasteiger partial charge on any atom is -0.462 e. The van der Waals surface area contributed by atoms with Crippen LogP contribution in [0, 0.1) is 5.92 Å². The molecule has 1 unspecified atom stereocenters. The molecule has 0 amide bonds. The van der Waals surface area contributed by atoms with Gasteiger partial charge >= 0.3 is 17.9 Å². The van der Waals surface area contributed by atoms with Crippen LogP contribution in [0.5, 0.6) is 0 Å². The van der Waals surface area contributed by atoms with Crippen LogP contribution in [-0.2, 0) is 28.6 Å². The van der Waals surface area contributed by atoms with Gasteiger partial charge in [-0.15, -0.1) is 0 Å². The predicted octanol–water partition coefficient (Wildman–Crippen LogP) is 21.0. The highest BCUT2D eigenvalue weighted by molar-refractivity contribution is 5.71. The van der Waals surface area contributed by atoms with Crippen LogP contribution in [0.25, 0.3) is 0 Å². The van der Waals surface area contributed by atoms with Crippen molar-refractivity contribution in [3.63, 3.8) is 0 Å². The Morgan fingerprint density at radius 1 is 0.290 bits per heavy atom. The third-order valence-electron chi connectivity index (χ3n) is 14.9. The molecule has 0 rings (SSSR count). The predicted molar refractivity (Wildman–Crippen MR) is 298 cm³/mol. The number of carbonyl (C=O) groups is 3. The molecule has 0 aliphatic rings. The number of carbonyl (C=O) groups excluding carboxylic acids is 3. The van der Waals surface area contributed by atoms with Gasteiger partial charge in [0.2, 0.25) is 0 Å². The second-order valence-electron chi connectivity index (χ2n) is 21.9. The summed E-state index contributed by atoms with van der Waals surface area (Å²) in [6.45, 7) is 9.11. The van der Waals surface area contributed by atoms with Gasteiger partial charge in [0.15, 0.2) is 6.10 Å². The lowest BCUT2D eigenvalue weighted by Gasteiger charge is -2.18. The average Bonchev–Trinajstić information content (AvgIpc) is 3.35. The summed E-state index contributed by atoms with van der Waals surface area (Å²) in [6.07, 6.45) is 63.9. The van der Waals surface area contributed by atoms with Gasteiger partial charge < -0.3 is 14.2 Å². The Hall–Kier alpha value is -1.59. The van der Waals surface area contributed by atoms with Gasteiger partial charge in [-0.2, -0.15) is 0 Å². The summed E-state index contributed by atoms with van der Waals surface area (Å²) < 4.78 is 16.9. The number of hydrogen-bond acceptors (Lipinski definition) is 6. The second kappa shape index (κ2) is 57.3. The second-order valence-corrected chi connectivity index (χ2v) is 21.9. The fourth-order valence-corrected chi connectivity index (χ4v) is 9.78. The fraction of sp³-hybridized carbons (Fsp3) is 0.952. The van der Waals surface area contributed by atoms with Gasteiger partial charge in [-0.25, -0.2) is 0 Å². The molecule has 0 aromatic rings. The van der Waals surface area contributed by atoms with E-state index < -0.39 is 6.10 Å². The molecule has 6 nitrogen and oxygen atoms in total. The molecule has 0 aromatic carbocycles. The molecule has 0 bridgehead atoms. The maximum Gasteiger partial charge on any atom is 0.306 e. The van der Waals surface area contributed by atoms with Gasteiger partial charge in [0.1, 0.15) is 13.2 Å². The van der Waals surface area contributed by atoms with Gasteiger partial charge in [0.05, 0.1) is 0 Å². The van der Waals surface area contributed by atoms with Gasteiger partial charge in [-0.1, -0.05) is 323 Å². The molecule has 69 heavy (non-hydrogen) atoms. The zero-order chi connectivity index (χ0) is 50.2. The van der Waals surface area contributed by atoms with Gasteiger partial charge in [0, 0.05) is 19.3 Å². The van der Waals surface area contributed by atoms with E-state index in [1.807, 2.05) is 0 Å². The van der Waals surface area contributed by atoms with Crippen molar-refractivity contribution in [2.75, 3.05) is 13.2 Å². The summed E-state index contributed by atoms with van der Waals surface area (Å²) >= 11 is 0. The van der Waals surface area contributed by atoms with Crippen LogP contribution in [-0.4, -0.2) is 37.2 Å². The van der Waals surface area contributed by atoms with E-state index in [9.17, 15) is 14.4 Å². The molecular formula is C63H122O6. The maximum atomic E-state index is 12.8. The van der Waals surface area contributed by atoms with Crippen molar-refractivity contribution in [2.45, 2.75) is 368 Å². The van der Waals surface area contributed by atoms with Gasteiger partial charge in [-0.3, -0.25) is 14.4 Å². The molecule has 2 atom stereocenters. The normalized spacial score (nSPS) is 12.3. The average molecular weight is 976 g/mol. The fourth-order valence-electron chi connectivity index (χ4n) is 9.78. The van der Waals surface area contributed by atoms with Crippen molar-refractivity contribution in [2.24, 2.45) is 5.92 Å². The number of ether oxygens (including phenoxy) is 3. The molecule has 410 valence electrons. The Labute approximate surface area is 431 Å². The molecule has 0 heterocycles. The van der Waals surface area contributed by atoms with Crippen molar-refractivity contribution < 1.29 is 28.6 Å². The zero-order valence-corrected chi connectivity index (χ0v) is 47.3. The van der Waals surface area contributed by atoms with Crippen molar-refractivity contribution in [3.05, 3.63) is 0 Å². The molecule has 0 spiro atoms. The first kappa shape index (κ1) is 67.4. The van der Waals surface area contributed by atoms with E-state index >= 15 is 0 Å². The lowest BCUT2D eigenvalue weighted by atomic mass is 9.99. The first-order valence-electron chi connectivity index (χ1n) is 31.4. The SMILES string of the molecule is CCCCCCCCCCCCCCCCCCCCCC(=O)OC[C@H](COC(=O)CCCCCCCCCCCCCCCCCCCCC(C)CC)OC(=O)CCCCCCCCCCCC. The first-order valence-corrected chi connectivity index (χ1v) is 31.4. The highest BCUT2D eigenvalue weighted by Crippen LogP contribution is 2.19. The first-order chi connectivity index (χ1) is 33.9. The summed E-state index contributed by atoms with van der Waals surface area (Å²) in [4.78, 5) is 38.2. The highest BCUT2D eigenvalue weighted by Gasteiger charge is 2.19. The Balaban J connectivity index is 4.15. The summed E-state index contributed by atoms with van der Waals surface area (Å²) in [5.41, 5.74) is 0. The Morgan fingerprint density at radius 2 is 0.507 bits per heavy atom. The number of unbranched alkanes of at least 4 members (excludes halogenated alkanes) is 44.